The van der Waals surface area contributed by atoms with Gasteiger partial charge in [0.15, 0.2) is 0 Å². The Bertz CT molecular complexity index is 1180. The number of amides is 1. The molecule has 0 spiro atoms. The first-order chi connectivity index (χ1) is 15.3. The molecule has 3 nitrogen and oxygen atoms in total. The largest absolute Gasteiger partial charge is 0.322 e. The van der Waals surface area contributed by atoms with E-state index >= 15 is 0 Å². The van der Waals surface area contributed by atoms with Gasteiger partial charge in [-0.2, -0.15) is 0 Å². The number of halogens is 2. The lowest BCUT2D eigenvalue weighted by molar-refractivity contribution is -0.928. The van der Waals surface area contributed by atoms with E-state index in [2.05, 4.69) is 20.0 Å². The second-order valence-electron chi connectivity index (χ2n) is 9.52. The maximum atomic E-state index is 13.8. The minimum atomic E-state index is -0.347. The number of benzene rings is 3. The number of hydrogen-bond donors (Lipinski definition) is 0. The Kier molecular flexibility index (Phi) is 5.09. The highest BCUT2D eigenvalue weighted by molar-refractivity contribution is 6.08. The third kappa shape index (κ3) is 3.71. The van der Waals surface area contributed by atoms with Gasteiger partial charge >= 0.3 is 0 Å². The number of likely N-dealkylation sites (N-methyl/N-ethyl adjacent to an activating group) is 1. The van der Waals surface area contributed by atoms with Gasteiger partial charge in [0.05, 0.1) is 32.1 Å². The number of nitrogens with zero attached hydrogens (tertiary/aromatic N) is 2. The van der Waals surface area contributed by atoms with E-state index in [-0.39, 0.29) is 29.5 Å². The molecule has 0 aliphatic carbocycles. The topological polar surface area (TPSA) is 20.3 Å². The predicted octanol–water partition coefficient (Wildman–Crippen LogP) is 5.44. The van der Waals surface area contributed by atoms with E-state index in [0.29, 0.717) is 5.56 Å². The van der Waals surface area contributed by atoms with Gasteiger partial charge in [0, 0.05) is 23.2 Å². The van der Waals surface area contributed by atoms with Gasteiger partial charge in [0.2, 0.25) is 0 Å². The van der Waals surface area contributed by atoms with Crippen LogP contribution < -0.4 is 4.90 Å². The fraction of sp³-hybridized carbons (Fsp3) is 0.296. The molecule has 32 heavy (non-hydrogen) atoms. The quantitative estimate of drug-likeness (QED) is 0.504. The summed E-state index contributed by atoms with van der Waals surface area (Å²) in [6.45, 7) is 4.61. The summed E-state index contributed by atoms with van der Waals surface area (Å²) in [5.74, 6) is -0.424. The van der Waals surface area contributed by atoms with Gasteiger partial charge in [-0.1, -0.05) is 29.8 Å². The lowest BCUT2D eigenvalue weighted by atomic mass is 9.87. The predicted molar refractivity (Wildman–Crippen MR) is 122 cm³/mol. The minimum Gasteiger partial charge on any atom is -0.322 e. The van der Waals surface area contributed by atoms with E-state index in [4.69, 9.17) is 0 Å². The lowest BCUT2D eigenvalue weighted by Crippen LogP contribution is -2.56. The first-order valence-electron chi connectivity index (χ1n) is 11.1. The summed E-state index contributed by atoms with van der Waals surface area (Å²) in [5, 5.41) is 0. The van der Waals surface area contributed by atoms with Crippen molar-refractivity contribution >= 4 is 11.6 Å². The van der Waals surface area contributed by atoms with Gasteiger partial charge in [-0.25, -0.2) is 8.78 Å². The highest BCUT2D eigenvalue weighted by atomic mass is 19.1. The molecule has 0 saturated carbocycles. The second-order valence-corrected chi connectivity index (χ2v) is 9.52. The van der Waals surface area contributed by atoms with Crippen molar-refractivity contribution in [1.29, 1.82) is 0 Å². The molecule has 5 rings (SSSR count). The van der Waals surface area contributed by atoms with E-state index in [1.54, 1.807) is 24.3 Å². The number of likely N-dealkylation sites (tertiary alicyclic amines) is 1. The van der Waals surface area contributed by atoms with Crippen molar-refractivity contribution in [2.75, 3.05) is 25.0 Å². The molecule has 5 heteroatoms. The van der Waals surface area contributed by atoms with Crippen LogP contribution in [0.3, 0.4) is 0 Å². The van der Waals surface area contributed by atoms with Gasteiger partial charge in [-0.05, 0) is 55.0 Å². The number of fused-ring (bicyclic) bond motifs is 3. The van der Waals surface area contributed by atoms with Gasteiger partial charge in [0.1, 0.15) is 18.2 Å². The van der Waals surface area contributed by atoms with E-state index in [9.17, 15) is 13.6 Å². The molecular weight excluding hydrogens is 406 g/mol. The molecule has 3 unspecified atom stereocenters. The molecular formula is C27H27F2N2O+. The maximum Gasteiger partial charge on any atom is 0.258 e. The molecule has 1 amide bonds. The maximum absolute atomic E-state index is 13.8. The molecule has 2 heterocycles. The van der Waals surface area contributed by atoms with Crippen molar-refractivity contribution in [2.24, 2.45) is 0 Å². The van der Waals surface area contributed by atoms with E-state index in [0.717, 1.165) is 41.8 Å². The lowest BCUT2D eigenvalue weighted by Gasteiger charge is -2.44. The Labute approximate surface area is 187 Å². The van der Waals surface area contributed by atoms with Crippen LogP contribution in [-0.4, -0.2) is 36.6 Å². The van der Waals surface area contributed by atoms with E-state index in [1.165, 1.54) is 29.3 Å². The highest BCUT2D eigenvalue weighted by Gasteiger charge is 2.49. The zero-order valence-corrected chi connectivity index (χ0v) is 18.4. The number of hydrogen-bond acceptors (Lipinski definition) is 1. The minimum absolute atomic E-state index is 0.0723. The number of quaternary nitrogens is 1. The summed E-state index contributed by atoms with van der Waals surface area (Å²) >= 11 is 0. The Morgan fingerprint density at radius 3 is 2.56 bits per heavy atom. The summed E-state index contributed by atoms with van der Waals surface area (Å²) in [6, 6.07) is 19.0. The van der Waals surface area contributed by atoms with Crippen LogP contribution in [0.5, 0.6) is 0 Å². The van der Waals surface area contributed by atoms with Crippen molar-refractivity contribution in [3.63, 3.8) is 0 Å². The molecule has 0 N–H and O–H groups in total. The molecule has 3 atom stereocenters. The number of carbonyl (C=O) groups excluding carboxylic acids is 1. The van der Waals surface area contributed by atoms with Crippen molar-refractivity contribution < 1.29 is 18.1 Å². The molecule has 2 aliphatic rings. The van der Waals surface area contributed by atoms with Crippen molar-refractivity contribution in [3.8, 4) is 0 Å². The van der Waals surface area contributed by atoms with Crippen molar-refractivity contribution in [1.82, 2.24) is 0 Å². The fourth-order valence-electron chi connectivity index (χ4n) is 5.53. The van der Waals surface area contributed by atoms with Crippen LogP contribution in [-0.2, 0) is 6.54 Å². The summed E-state index contributed by atoms with van der Waals surface area (Å²) in [7, 11) is 2.22. The number of carbonyl (C=O) groups is 1. The van der Waals surface area contributed by atoms with Crippen molar-refractivity contribution in [2.45, 2.75) is 31.8 Å². The molecule has 1 fully saturated rings. The zero-order valence-electron chi connectivity index (χ0n) is 18.4. The average Bonchev–Trinajstić information content (AvgIpc) is 3.06. The molecule has 2 aliphatic heterocycles. The Morgan fingerprint density at radius 2 is 1.81 bits per heavy atom. The molecule has 3 aromatic carbocycles. The first kappa shape index (κ1) is 20.8. The number of aryl methyl sites for hydroxylation is 1. The number of piperidine rings is 1. The molecule has 164 valence electrons. The first-order valence-corrected chi connectivity index (χ1v) is 11.1. The molecule has 0 bridgehead atoms. The fourth-order valence-corrected chi connectivity index (χ4v) is 5.53. The second kappa shape index (κ2) is 7.82. The Balaban J connectivity index is 1.48. The summed E-state index contributed by atoms with van der Waals surface area (Å²) in [6.07, 6.45) is 0.858. The van der Waals surface area contributed by atoms with Crippen molar-refractivity contribution in [3.05, 3.63) is 101 Å². The summed E-state index contributed by atoms with van der Waals surface area (Å²) < 4.78 is 28.0. The summed E-state index contributed by atoms with van der Waals surface area (Å²) in [4.78, 5) is 15.4. The average molecular weight is 434 g/mol. The van der Waals surface area contributed by atoms with Gasteiger partial charge in [0.25, 0.3) is 5.91 Å². The van der Waals surface area contributed by atoms with Crippen LogP contribution in [0, 0.1) is 18.6 Å². The third-order valence-electron chi connectivity index (χ3n) is 7.00. The SMILES string of the molecule is Cc1ccc2c(c1)C1C[N+](C)(Cc3cccc(F)c3)CCC1N2C(=O)c1ccc(F)cc1. The van der Waals surface area contributed by atoms with Crippen LogP contribution >= 0.6 is 0 Å². The van der Waals surface area contributed by atoms with Crippen LogP contribution in [0.2, 0.25) is 0 Å². The zero-order chi connectivity index (χ0) is 22.5. The molecule has 0 aromatic heterocycles. The van der Waals surface area contributed by atoms with Crippen LogP contribution in [0.4, 0.5) is 14.5 Å². The van der Waals surface area contributed by atoms with Gasteiger partial charge < -0.3 is 9.38 Å². The van der Waals surface area contributed by atoms with Crippen LogP contribution in [0.15, 0.2) is 66.7 Å². The Morgan fingerprint density at radius 1 is 1.03 bits per heavy atom. The van der Waals surface area contributed by atoms with E-state index in [1.807, 2.05) is 23.1 Å². The monoisotopic (exact) mass is 433 g/mol. The normalized spacial score (nSPS) is 24.2. The van der Waals surface area contributed by atoms with Crippen LogP contribution in [0.25, 0.3) is 0 Å². The molecule has 0 radical (unpaired) electrons. The highest BCUT2D eigenvalue weighted by Crippen LogP contribution is 2.47. The summed E-state index contributed by atoms with van der Waals surface area (Å²) in [5.41, 5.74) is 4.82. The standard InChI is InChI=1S/C27H27F2N2O/c1-18-6-11-25-23(14-18)24-17-31(2,16-19-4-3-5-22(29)15-19)13-12-26(24)30(25)27(32)20-7-9-21(28)10-8-20/h3-11,14-15,24,26H,12-13,16-17H2,1-2H3/q+1. The van der Waals surface area contributed by atoms with E-state index < -0.39 is 0 Å². The molecule has 3 aromatic rings. The van der Waals surface area contributed by atoms with Crippen LogP contribution in [0.1, 0.15) is 39.4 Å². The third-order valence-corrected chi connectivity index (χ3v) is 7.00. The van der Waals surface area contributed by atoms with Gasteiger partial charge in [-0.3, -0.25) is 4.79 Å². The Hall–Kier alpha value is -3.05. The number of rotatable bonds is 3. The van der Waals surface area contributed by atoms with Gasteiger partial charge in [-0.15, -0.1) is 0 Å². The molecule has 1 saturated heterocycles. The number of anilines is 1. The smallest absolute Gasteiger partial charge is 0.258 e.